The normalized spacial score (nSPS) is 17.2. The summed E-state index contributed by atoms with van der Waals surface area (Å²) in [6.45, 7) is 12.0. The van der Waals surface area contributed by atoms with E-state index in [1.54, 1.807) is 49.9 Å². The molecular weight excluding hydrogens is 546 g/mol. The standard InChI is InChI=1S/C33H49N3O6.CH4/c1-21(2)25(31(41)27(37)14-15-30(40)36-17-16-24(20-36)35(7)8)18-28(38)22(3)34-32(42)26(33(4,5)6)19-29(39)23-12-10-9-11-13-23;/h9-13,21-22,24-26H,14-20H2,1-8H3,(H,34,42);1H4/t22-,24?,25-,26+;/m0./s1. The van der Waals surface area contributed by atoms with E-state index in [4.69, 9.17) is 0 Å². The summed E-state index contributed by atoms with van der Waals surface area (Å²) in [5, 5.41) is 2.75. The Hall–Kier alpha value is -3.20. The van der Waals surface area contributed by atoms with Crippen molar-refractivity contribution in [2.24, 2.45) is 23.2 Å². The molecule has 0 bridgehead atoms. The number of Topliss-reactive ketones (excluding diaryl/α,β-unsaturated/α-hetero) is 4. The van der Waals surface area contributed by atoms with Crippen molar-refractivity contribution in [2.75, 3.05) is 27.2 Å². The predicted molar refractivity (Wildman–Crippen MR) is 169 cm³/mol. The average molecular weight is 600 g/mol. The Labute approximate surface area is 258 Å². The van der Waals surface area contributed by atoms with Crippen LogP contribution in [0.3, 0.4) is 0 Å². The van der Waals surface area contributed by atoms with E-state index >= 15 is 0 Å². The summed E-state index contributed by atoms with van der Waals surface area (Å²) in [4.78, 5) is 81.6. The highest BCUT2D eigenvalue weighted by Gasteiger charge is 2.36. The molecule has 0 aromatic heterocycles. The summed E-state index contributed by atoms with van der Waals surface area (Å²) in [6, 6.07) is 8.15. The lowest BCUT2D eigenvalue weighted by Gasteiger charge is -2.30. The van der Waals surface area contributed by atoms with Gasteiger partial charge in [-0.2, -0.15) is 0 Å². The molecule has 240 valence electrons. The molecule has 0 aliphatic carbocycles. The second kappa shape index (κ2) is 16.6. The number of likely N-dealkylation sites (tertiary alicyclic amines) is 1. The SMILES string of the molecule is C.CC(C)[C@H](CC(=O)[C@H](C)NC(=O)[C@@H](CC(=O)c1ccccc1)C(C)(C)C)C(=O)C(=O)CCC(=O)N1CCC(N(C)C)C1. The number of likely N-dealkylation sites (N-methyl/N-ethyl adjacent to an activating group) is 1. The molecule has 4 atom stereocenters. The summed E-state index contributed by atoms with van der Waals surface area (Å²) in [5.74, 6) is -4.19. The van der Waals surface area contributed by atoms with Gasteiger partial charge in [-0.15, -0.1) is 0 Å². The Morgan fingerprint density at radius 1 is 0.953 bits per heavy atom. The van der Waals surface area contributed by atoms with Crippen LogP contribution in [0.15, 0.2) is 30.3 Å². The Balaban J connectivity index is 0.00000924. The third-order valence-electron chi connectivity index (χ3n) is 8.34. The van der Waals surface area contributed by atoms with Crippen LogP contribution in [-0.2, 0) is 24.0 Å². The first-order chi connectivity index (χ1) is 19.5. The monoisotopic (exact) mass is 599 g/mol. The van der Waals surface area contributed by atoms with Crippen LogP contribution in [-0.4, -0.2) is 84.0 Å². The maximum absolute atomic E-state index is 13.3. The lowest BCUT2D eigenvalue weighted by molar-refractivity contribution is -0.142. The molecular formula is C34H53N3O6. The van der Waals surface area contributed by atoms with E-state index in [9.17, 15) is 28.8 Å². The molecule has 2 amide bonds. The minimum atomic E-state index is -0.903. The fourth-order valence-corrected chi connectivity index (χ4v) is 5.24. The molecule has 1 saturated heterocycles. The number of ketones is 4. The first-order valence-electron chi connectivity index (χ1n) is 15.0. The van der Waals surface area contributed by atoms with Gasteiger partial charge in [-0.05, 0) is 38.8 Å². The Bertz CT molecular complexity index is 1140. The first kappa shape index (κ1) is 37.8. The van der Waals surface area contributed by atoms with E-state index < -0.39 is 40.8 Å². The number of hydrogen-bond donors (Lipinski definition) is 1. The molecule has 1 aliphatic rings. The van der Waals surface area contributed by atoms with E-state index in [2.05, 4.69) is 10.2 Å². The van der Waals surface area contributed by atoms with E-state index in [1.165, 1.54) is 0 Å². The van der Waals surface area contributed by atoms with Crippen molar-refractivity contribution in [1.82, 2.24) is 15.1 Å². The highest BCUT2D eigenvalue weighted by molar-refractivity contribution is 6.38. The molecule has 9 heteroatoms. The third kappa shape index (κ3) is 11.1. The fourth-order valence-electron chi connectivity index (χ4n) is 5.24. The predicted octanol–water partition coefficient (Wildman–Crippen LogP) is 4.37. The van der Waals surface area contributed by atoms with Crippen molar-refractivity contribution in [3.05, 3.63) is 35.9 Å². The maximum atomic E-state index is 13.3. The molecule has 1 unspecified atom stereocenters. The van der Waals surface area contributed by atoms with E-state index in [-0.39, 0.29) is 62.5 Å². The van der Waals surface area contributed by atoms with Gasteiger partial charge in [-0.3, -0.25) is 28.8 Å². The van der Waals surface area contributed by atoms with Crippen LogP contribution < -0.4 is 5.32 Å². The maximum Gasteiger partial charge on any atom is 0.224 e. The first-order valence-corrected chi connectivity index (χ1v) is 15.0. The zero-order valence-corrected chi connectivity index (χ0v) is 26.6. The van der Waals surface area contributed by atoms with Gasteiger partial charge in [0, 0.05) is 56.3 Å². The number of benzene rings is 1. The number of carbonyl (C=O) groups excluding carboxylic acids is 6. The Kier molecular flexibility index (Phi) is 14.6. The summed E-state index contributed by atoms with van der Waals surface area (Å²) in [6.07, 6.45) is 0.446. The largest absolute Gasteiger partial charge is 0.346 e. The highest BCUT2D eigenvalue weighted by Crippen LogP contribution is 2.30. The van der Waals surface area contributed by atoms with Crippen molar-refractivity contribution < 1.29 is 28.8 Å². The van der Waals surface area contributed by atoms with Crippen LogP contribution >= 0.6 is 0 Å². The van der Waals surface area contributed by atoms with Crippen molar-refractivity contribution in [1.29, 1.82) is 0 Å². The van der Waals surface area contributed by atoms with E-state index in [1.807, 2.05) is 40.9 Å². The van der Waals surface area contributed by atoms with Crippen LogP contribution in [0.2, 0.25) is 0 Å². The summed E-state index contributed by atoms with van der Waals surface area (Å²) < 4.78 is 0. The fraction of sp³-hybridized carbons (Fsp3) is 0.647. The Morgan fingerprint density at radius 3 is 2.07 bits per heavy atom. The van der Waals surface area contributed by atoms with Crippen molar-refractivity contribution in [3.8, 4) is 0 Å². The smallest absolute Gasteiger partial charge is 0.224 e. The molecule has 9 nitrogen and oxygen atoms in total. The number of nitrogens with one attached hydrogen (secondary N) is 1. The van der Waals surface area contributed by atoms with Gasteiger partial charge in [0.25, 0.3) is 0 Å². The van der Waals surface area contributed by atoms with E-state index in [0.29, 0.717) is 18.7 Å². The molecule has 0 radical (unpaired) electrons. The van der Waals surface area contributed by atoms with Gasteiger partial charge in [0.05, 0.1) is 12.0 Å². The van der Waals surface area contributed by atoms with Gasteiger partial charge >= 0.3 is 0 Å². The second-order valence-corrected chi connectivity index (χ2v) is 13.2. The molecule has 1 aliphatic heterocycles. The molecule has 1 N–H and O–H groups in total. The van der Waals surface area contributed by atoms with Gasteiger partial charge in [0.2, 0.25) is 17.6 Å². The minimum Gasteiger partial charge on any atom is -0.346 e. The molecule has 1 fully saturated rings. The molecule has 1 aromatic carbocycles. The minimum absolute atomic E-state index is 0. The molecule has 1 heterocycles. The van der Waals surface area contributed by atoms with Gasteiger partial charge < -0.3 is 15.1 Å². The lowest BCUT2D eigenvalue weighted by Crippen LogP contribution is -2.46. The van der Waals surface area contributed by atoms with Crippen LogP contribution in [0.5, 0.6) is 0 Å². The van der Waals surface area contributed by atoms with Crippen LogP contribution in [0.1, 0.15) is 91.4 Å². The molecule has 43 heavy (non-hydrogen) atoms. The van der Waals surface area contributed by atoms with Gasteiger partial charge in [-0.1, -0.05) is 72.4 Å². The Morgan fingerprint density at radius 2 is 1.56 bits per heavy atom. The van der Waals surface area contributed by atoms with Crippen molar-refractivity contribution in [3.63, 3.8) is 0 Å². The molecule has 0 spiro atoms. The molecule has 0 saturated carbocycles. The number of carbonyl (C=O) groups is 6. The number of nitrogens with zero attached hydrogens (tertiary/aromatic N) is 2. The quantitative estimate of drug-likeness (QED) is 0.235. The topological polar surface area (TPSA) is 121 Å². The van der Waals surface area contributed by atoms with Crippen LogP contribution in [0.4, 0.5) is 0 Å². The van der Waals surface area contributed by atoms with Crippen LogP contribution in [0, 0.1) is 23.2 Å². The third-order valence-corrected chi connectivity index (χ3v) is 8.34. The summed E-state index contributed by atoms with van der Waals surface area (Å²) >= 11 is 0. The number of rotatable bonds is 15. The zero-order chi connectivity index (χ0) is 31.8. The average Bonchev–Trinajstić information content (AvgIpc) is 3.43. The van der Waals surface area contributed by atoms with Gasteiger partial charge in [-0.25, -0.2) is 0 Å². The zero-order valence-electron chi connectivity index (χ0n) is 26.6. The number of hydrogen-bond acceptors (Lipinski definition) is 7. The van der Waals surface area contributed by atoms with Gasteiger partial charge in [0.1, 0.15) is 0 Å². The lowest BCUT2D eigenvalue weighted by atomic mass is 9.76. The molecule has 1 aromatic rings. The van der Waals surface area contributed by atoms with Crippen molar-refractivity contribution in [2.45, 2.75) is 93.2 Å². The van der Waals surface area contributed by atoms with Gasteiger partial charge in [0.15, 0.2) is 17.3 Å². The highest BCUT2D eigenvalue weighted by atomic mass is 16.2. The van der Waals surface area contributed by atoms with Crippen molar-refractivity contribution >= 4 is 34.9 Å². The summed E-state index contributed by atoms with van der Waals surface area (Å²) in [7, 11) is 3.94. The second-order valence-electron chi connectivity index (χ2n) is 13.2. The molecule has 2 rings (SSSR count). The number of amides is 2. The van der Waals surface area contributed by atoms with Crippen LogP contribution in [0.25, 0.3) is 0 Å². The summed E-state index contributed by atoms with van der Waals surface area (Å²) in [5.41, 5.74) is -0.0217. The van der Waals surface area contributed by atoms with E-state index in [0.717, 1.165) is 6.42 Å².